The van der Waals surface area contributed by atoms with E-state index in [-0.39, 0.29) is 6.10 Å². The van der Waals surface area contributed by atoms with E-state index in [1.165, 1.54) is 32.1 Å². The average molecular weight is 215 g/mol. The van der Waals surface area contributed by atoms with Gasteiger partial charge >= 0.3 is 0 Å². The zero-order chi connectivity index (χ0) is 11.4. The number of hydrogen-bond acceptors (Lipinski definition) is 3. The molecule has 15 heavy (non-hydrogen) atoms. The Morgan fingerprint density at radius 1 is 0.933 bits per heavy atom. The topological polar surface area (TPSA) is 38.7 Å². The van der Waals surface area contributed by atoms with Crippen molar-refractivity contribution in [3.63, 3.8) is 0 Å². The van der Waals surface area contributed by atoms with Crippen LogP contribution in [0.5, 0.6) is 0 Å². The van der Waals surface area contributed by atoms with Gasteiger partial charge in [0.15, 0.2) is 5.34 Å². The number of hydrogen-bond donors (Lipinski definition) is 0. The van der Waals surface area contributed by atoms with Crippen LogP contribution in [0, 0.1) is 4.91 Å². The third kappa shape index (κ3) is 9.70. The van der Waals surface area contributed by atoms with Crippen molar-refractivity contribution in [2.24, 2.45) is 5.34 Å². The first-order valence-corrected chi connectivity index (χ1v) is 6.33. The van der Waals surface area contributed by atoms with E-state index < -0.39 is 0 Å². The summed E-state index contributed by atoms with van der Waals surface area (Å²) in [7, 11) is 0. The summed E-state index contributed by atoms with van der Waals surface area (Å²) in [5, 5.41) is 2.56. The smallest absolute Gasteiger partial charge is 0.155 e. The van der Waals surface area contributed by atoms with Crippen LogP contribution < -0.4 is 0 Å². The zero-order valence-corrected chi connectivity index (χ0v) is 10.2. The summed E-state index contributed by atoms with van der Waals surface area (Å²) in [4.78, 5) is 14.9. The van der Waals surface area contributed by atoms with E-state index in [2.05, 4.69) is 19.2 Å². The Kier molecular flexibility index (Phi) is 11.0. The molecular weight excluding hydrogens is 190 g/mol. The number of nitrogens with zero attached hydrogens (tertiary/aromatic N) is 1. The van der Waals surface area contributed by atoms with Gasteiger partial charge in [0.25, 0.3) is 0 Å². The normalized spacial score (nSPS) is 12.4. The van der Waals surface area contributed by atoms with Gasteiger partial charge in [-0.2, -0.15) is 0 Å². The molecule has 1 unspecified atom stereocenters. The predicted molar refractivity (Wildman–Crippen MR) is 63.6 cm³/mol. The highest BCUT2D eigenvalue weighted by Crippen LogP contribution is 2.14. The molecule has 0 bridgehead atoms. The highest BCUT2D eigenvalue weighted by Gasteiger charge is 2.09. The van der Waals surface area contributed by atoms with Crippen LogP contribution in [0.4, 0.5) is 0 Å². The molecule has 90 valence electrons. The fourth-order valence-corrected chi connectivity index (χ4v) is 1.73. The van der Waals surface area contributed by atoms with Gasteiger partial charge in [-0.1, -0.05) is 46.0 Å². The molecule has 0 heterocycles. The quantitative estimate of drug-likeness (QED) is 0.287. The van der Waals surface area contributed by atoms with Crippen LogP contribution in [-0.4, -0.2) is 6.10 Å². The molecule has 0 aliphatic rings. The Morgan fingerprint density at radius 3 is 2.00 bits per heavy atom. The summed E-state index contributed by atoms with van der Waals surface area (Å²) in [6.45, 7) is 4.37. The molecule has 0 N–H and O–H groups in total. The van der Waals surface area contributed by atoms with Crippen LogP contribution in [0.2, 0.25) is 0 Å². The Bertz CT molecular complexity index is 140. The molecule has 0 saturated carbocycles. The zero-order valence-electron chi connectivity index (χ0n) is 10.2. The second kappa shape index (κ2) is 11.5. The van der Waals surface area contributed by atoms with Crippen molar-refractivity contribution in [1.82, 2.24) is 0 Å². The first-order valence-electron chi connectivity index (χ1n) is 6.33. The largest absolute Gasteiger partial charge is 0.361 e. The monoisotopic (exact) mass is 215 g/mol. The van der Waals surface area contributed by atoms with Gasteiger partial charge in [0, 0.05) is 0 Å². The van der Waals surface area contributed by atoms with Crippen molar-refractivity contribution in [1.29, 1.82) is 0 Å². The lowest BCUT2D eigenvalue weighted by Gasteiger charge is -2.12. The SMILES string of the molecule is CCCCCCC(CCCCC)ON=O. The third-order valence-electron chi connectivity index (χ3n) is 2.70. The van der Waals surface area contributed by atoms with Crippen molar-refractivity contribution in [2.45, 2.75) is 77.7 Å². The van der Waals surface area contributed by atoms with Crippen molar-refractivity contribution < 1.29 is 4.84 Å². The predicted octanol–water partition coefficient (Wildman–Crippen LogP) is 4.60. The van der Waals surface area contributed by atoms with Crippen molar-refractivity contribution in [3.8, 4) is 0 Å². The molecule has 3 nitrogen and oxygen atoms in total. The number of rotatable bonds is 11. The summed E-state index contributed by atoms with van der Waals surface area (Å²) in [5.74, 6) is 0. The van der Waals surface area contributed by atoms with E-state index in [1.807, 2.05) is 0 Å². The third-order valence-corrected chi connectivity index (χ3v) is 2.70. The van der Waals surface area contributed by atoms with Gasteiger partial charge in [-0.15, -0.1) is 4.91 Å². The Hall–Kier alpha value is -0.600. The first kappa shape index (κ1) is 14.4. The van der Waals surface area contributed by atoms with E-state index in [0.717, 1.165) is 25.7 Å². The van der Waals surface area contributed by atoms with Crippen LogP contribution in [-0.2, 0) is 4.84 Å². The molecule has 0 spiro atoms. The second-order valence-electron chi connectivity index (χ2n) is 4.15. The van der Waals surface area contributed by atoms with Gasteiger partial charge in [0.05, 0.1) is 0 Å². The Balaban J connectivity index is 3.48. The lowest BCUT2D eigenvalue weighted by Crippen LogP contribution is -2.09. The molecule has 0 saturated heterocycles. The van der Waals surface area contributed by atoms with Crippen LogP contribution in [0.25, 0.3) is 0 Å². The molecule has 1 atom stereocenters. The molecule has 0 aromatic rings. The summed E-state index contributed by atoms with van der Waals surface area (Å²) in [6.07, 6.45) is 10.5. The minimum Gasteiger partial charge on any atom is -0.361 e. The van der Waals surface area contributed by atoms with E-state index in [0.29, 0.717) is 0 Å². The van der Waals surface area contributed by atoms with E-state index in [1.54, 1.807) is 0 Å². The molecule has 0 radical (unpaired) electrons. The molecule has 0 aliphatic heterocycles. The molecular formula is C12H25NO2. The van der Waals surface area contributed by atoms with Gasteiger partial charge in [-0.25, -0.2) is 0 Å². The summed E-state index contributed by atoms with van der Waals surface area (Å²) < 4.78 is 0. The fourth-order valence-electron chi connectivity index (χ4n) is 1.73. The molecule has 0 aliphatic carbocycles. The summed E-state index contributed by atoms with van der Waals surface area (Å²) in [6, 6.07) is 0. The van der Waals surface area contributed by atoms with Crippen LogP contribution in [0.15, 0.2) is 5.34 Å². The van der Waals surface area contributed by atoms with Gasteiger partial charge in [0.1, 0.15) is 6.10 Å². The van der Waals surface area contributed by atoms with Crippen LogP contribution in [0.1, 0.15) is 71.6 Å². The standard InChI is InChI=1S/C12H25NO2/c1-3-5-7-9-11-12(15-13-14)10-8-6-4-2/h12H,3-11H2,1-2H3. The minimum absolute atomic E-state index is 0.0610. The van der Waals surface area contributed by atoms with Crippen molar-refractivity contribution in [3.05, 3.63) is 4.91 Å². The average Bonchev–Trinajstić information content (AvgIpc) is 2.24. The van der Waals surface area contributed by atoms with Crippen LogP contribution >= 0.6 is 0 Å². The van der Waals surface area contributed by atoms with Crippen molar-refractivity contribution in [2.75, 3.05) is 0 Å². The number of unbranched alkanes of at least 4 members (excludes halogenated alkanes) is 5. The lowest BCUT2D eigenvalue weighted by molar-refractivity contribution is 0.0397. The fraction of sp³-hybridized carbons (Fsp3) is 1.00. The maximum absolute atomic E-state index is 10.1. The molecule has 0 rings (SSSR count). The minimum atomic E-state index is 0.0610. The maximum Gasteiger partial charge on any atom is 0.155 e. The second-order valence-corrected chi connectivity index (χ2v) is 4.15. The lowest BCUT2D eigenvalue weighted by atomic mass is 10.0. The molecule has 0 fully saturated rings. The van der Waals surface area contributed by atoms with Crippen LogP contribution in [0.3, 0.4) is 0 Å². The molecule has 0 aromatic carbocycles. The summed E-state index contributed by atoms with van der Waals surface area (Å²) in [5.41, 5.74) is 0. The maximum atomic E-state index is 10.1. The summed E-state index contributed by atoms with van der Waals surface area (Å²) >= 11 is 0. The Labute approximate surface area is 93.5 Å². The van der Waals surface area contributed by atoms with Gasteiger partial charge in [0.2, 0.25) is 0 Å². The Morgan fingerprint density at radius 2 is 1.47 bits per heavy atom. The van der Waals surface area contributed by atoms with Crippen molar-refractivity contribution >= 4 is 0 Å². The molecule has 0 aromatic heterocycles. The van der Waals surface area contributed by atoms with Gasteiger partial charge < -0.3 is 4.84 Å². The highest BCUT2D eigenvalue weighted by molar-refractivity contribution is 4.58. The van der Waals surface area contributed by atoms with E-state index in [9.17, 15) is 4.91 Å². The first-order chi connectivity index (χ1) is 7.35. The van der Waals surface area contributed by atoms with E-state index >= 15 is 0 Å². The van der Waals surface area contributed by atoms with Gasteiger partial charge in [-0.05, 0) is 25.7 Å². The van der Waals surface area contributed by atoms with E-state index in [4.69, 9.17) is 4.84 Å². The highest BCUT2D eigenvalue weighted by atomic mass is 16.7. The molecule has 3 heteroatoms. The van der Waals surface area contributed by atoms with Gasteiger partial charge in [-0.3, -0.25) is 0 Å². The molecule has 0 amide bonds.